The summed E-state index contributed by atoms with van der Waals surface area (Å²) >= 11 is 5.97. The Morgan fingerprint density at radius 2 is 2.12 bits per heavy atom. The highest BCUT2D eigenvalue weighted by atomic mass is 35.5. The molecule has 1 N–H and O–H groups in total. The number of halogens is 2. The number of likely N-dealkylation sites (N-methyl/N-ethyl adjacent to an activating group) is 1. The molecule has 4 heteroatoms. The maximum atomic E-state index is 13.0. The van der Waals surface area contributed by atoms with Gasteiger partial charge in [-0.1, -0.05) is 11.6 Å². The van der Waals surface area contributed by atoms with Crippen LogP contribution in [0.5, 0.6) is 0 Å². The van der Waals surface area contributed by atoms with Crippen molar-refractivity contribution in [1.82, 2.24) is 10.2 Å². The van der Waals surface area contributed by atoms with Crippen molar-refractivity contribution in [3.05, 3.63) is 34.6 Å². The molecule has 1 rings (SSSR count). The number of nitrogens with zero attached hydrogens (tertiary/aromatic N) is 1. The summed E-state index contributed by atoms with van der Waals surface area (Å²) in [7, 11) is 4.04. The average molecular weight is 245 g/mol. The van der Waals surface area contributed by atoms with Crippen molar-refractivity contribution in [3.8, 4) is 0 Å². The van der Waals surface area contributed by atoms with E-state index in [0.29, 0.717) is 17.6 Å². The summed E-state index contributed by atoms with van der Waals surface area (Å²) in [5.74, 6) is -0.249. The minimum Gasteiger partial charge on any atom is -0.309 e. The molecule has 1 aromatic rings. The number of hydrogen-bond donors (Lipinski definition) is 1. The van der Waals surface area contributed by atoms with Gasteiger partial charge in [0.05, 0.1) is 0 Å². The fraction of sp³-hybridized carbons (Fsp3) is 0.500. The number of benzene rings is 1. The third-order valence-corrected chi connectivity index (χ3v) is 2.66. The second-order valence-corrected chi connectivity index (χ2v) is 4.69. The summed E-state index contributed by atoms with van der Waals surface area (Å²) in [5, 5.41) is 3.91. The minimum atomic E-state index is -0.249. The third-order valence-electron chi connectivity index (χ3n) is 2.29. The molecule has 0 aliphatic heterocycles. The predicted octanol–water partition coefficient (Wildman–Crippen LogP) is 2.52. The van der Waals surface area contributed by atoms with E-state index in [2.05, 4.69) is 17.1 Å². The SMILES string of the molecule is CC(CN(C)C)NCc1cc(F)ccc1Cl. The molecule has 0 aliphatic rings. The van der Waals surface area contributed by atoms with E-state index in [-0.39, 0.29) is 5.82 Å². The largest absolute Gasteiger partial charge is 0.309 e. The zero-order valence-electron chi connectivity index (χ0n) is 9.93. The second-order valence-electron chi connectivity index (χ2n) is 4.28. The standard InChI is InChI=1S/C12H18ClFN2/c1-9(8-16(2)3)15-7-10-6-11(14)4-5-12(10)13/h4-6,9,15H,7-8H2,1-3H3. The molecular formula is C12H18ClFN2. The van der Waals surface area contributed by atoms with E-state index in [0.717, 1.165) is 12.1 Å². The van der Waals surface area contributed by atoms with Crippen LogP contribution in [-0.2, 0) is 6.54 Å². The molecular weight excluding hydrogens is 227 g/mol. The Hall–Kier alpha value is -0.640. The number of rotatable bonds is 5. The fourth-order valence-electron chi connectivity index (χ4n) is 1.58. The van der Waals surface area contributed by atoms with E-state index in [9.17, 15) is 4.39 Å². The van der Waals surface area contributed by atoms with Gasteiger partial charge >= 0.3 is 0 Å². The first-order chi connectivity index (χ1) is 7.49. The first-order valence-electron chi connectivity index (χ1n) is 5.31. The van der Waals surface area contributed by atoms with Gasteiger partial charge in [0.25, 0.3) is 0 Å². The molecule has 0 saturated carbocycles. The van der Waals surface area contributed by atoms with Crippen LogP contribution >= 0.6 is 11.6 Å². The smallest absolute Gasteiger partial charge is 0.123 e. The summed E-state index contributed by atoms with van der Waals surface area (Å²) in [4.78, 5) is 2.10. The molecule has 0 amide bonds. The van der Waals surface area contributed by atoms with E-state index in [1.54, 1.807) is 6.07 Å². The van der Waals surface area contributed by atoms with Gasteiger partial charge in [0.15, 0.2) is 0 Å². The first-order valence-corrected chi connectivity index (χ1v) is 5.69. The van der Waals surface area contributed by atoms with Crippen LogP contribution in [-0.4, -0.2) is 31.6 Å². The molecule has 1 aromatic carbocycles. The van der Waals surface area contributed by atoms with E-state index in [1.165, 1.54) is 12.1 Å². The van der Waals surface area contributed by atoms with Crippen molar-refractivity contribution < 1.29 is 4.39 Å². The van der Waals surface area contributed by atoms with Crippen LogP contribution in [0, 0.1) is 5.82 Å². The normalized spacial score (nSPS) is 13.1. The molecule has 0 heterocycles. The summed E-state index contributed by atoms with van der Waals surface area (Å²) in [5.41, 5.74) is 0.798. The lowest BCUT2D eigenvalue weighted by Gasteiger charge is -2.18. The van der Waals surface area contributed by atoms with Crippen LogP contribution in [0.1, 0.15) is 12.5 Å². The molecule has 0 fully saturated rings. The van der Waals surface area contributed by atoms with E-state index in [4.69, 9.17) is 11.6 Å². The Morgan fingerprint density at radius 1 is 1.44 bits per heavy atom. The molecule has 0 aromatic heterocycles. The monoisotopic (exact) mass is 244 g/mol. The lowest BCUT2D eigenvalue weighted by molar-refractivity contribution is 0.349. The highest BCUT2D eigenvalue weighted by molar-refractivity contribution is 6.31. The van der Waals surface area contributed by atoms with Crippen LogP contribution in [0.4, 0.5) is 4.39 Å². The molecule has 2 nitrogen and oxygen atoms in total. The Labute approximate surface area is 101 Å². The summed E-state index contributed by atoms with van der Waals surface area (Å²) in [6.07, 6.45) is 0. The Bertz CT molecular complexity index is 342. The zero-order valence-corrected chi connectivity index (χ0v) is 10.7. The van der Waals surface area contributed by atoms with Gasteiger partial charge in [0, 0.05) is 24.2 Å². The van der Waals surface area contributed by atoms with Crippen LogP contribution in [0.25, 0.3) is 0 Å². The van der Waals surface area contributed by atoms with Crippen molar-refractivity contribution in [2.24, 2.45) is 0 Å². The number of nitrogens with one attached hydrogen (secondary N) is 1. The lowest BCUT2D eigenvalue weighted by atomic mass is 10.2. The maximum Gasteiger partial charge on any atom is 0.123 e. The van der Waals surface area contributed by atoms with Crippen molar-refractivity contribution >= 4 is 11.6 Å². The average Bonchev–Trinajstić information content (AvgIpc) is 2.18. The highest BCUT2D eigenvalue weighted by Gasteiger charge is 2.06. The topological polar surface area (TPSA) is 15.3 Å². The Balaban J connectivity index is 2.51. The van der Waals surface area contributed by atoms with Gasteiger partial charge in [-0.2, -0.15) is 0 Å². The van der Waals surface area contributed by atoms with Crippen LogP contribution in [0.15, 0.2) is 18.2 Å². The highest BCUT2D eigenvalue weighted by Crippen LogP contribution is 2.16. The predicted molar refractivity (Wildman–Crippen MR) is 66.3 cm³/mol. The molecule has 1 unspecified atom stereocenters. The van der Waals surface area contributed by atoms with Gasteiger partial charge in [-0.15, -0.1) is 0 Å². The maximum absolute atomic E-state index is 13.0. The van der Waals surface area contributed by atoms with Crippen LogP contribution in [0.2, 0.25) is 5.02 Å². The van der Waals surface area contributed by atoms with Crippen molar-refractivity contribution in [3.63, 3.8) is 0 Å². The van der Waals surface area contributed by atoms with Crippen molar-refractivity contribution in [2.75, 3.05) is 20.6 Å². The number of hydrogen-bond acceptors (Lipinski definition) is 2. The summed E-state index contributed by atoms with van der Waals surface area (Å²) in [6.45, 7) is 3.62. The molecule has 90 valence electrons. The van der Waals surface area contributed by atoms with E-state index >= 15 is 0 Å². The summed E-state index contributed by atoms with van der Waals surface area (Å²) < 4.78 is 13.0. The van der Waals surface area contributed by atoms with Gasteiger partial charge in [-0.05, 0) is 44.8 Å². The van der Waals surface area contributed by atoms with Gasteiger partial charge < -0.3 is 10.2 Å². The quantitative estimate of drug-likeness (QED) is 0.856. The Morgan fingerprint density at radius 3 is 2.75 bits per heavy atom. The second kappa shape index (κ2) is 6.18. The molecule has 0 spiro atoms. The lowest BCUT2D eigenvalue weighted by Crippen LogP contribution is -2.35. The van der Waals surface area contributed by atoms with Gasteiger partial charge in [0.2, 0.25) is 0 Å². The molecule has 0 radical (unpaired) electrons. The minimum absolute atomic E-state index is 0.249. The zero-order chi connectivity index (χ0) is 12.1. The van der Waals surface area contributed by atoms with Crippen LogP contribution in [0.3, 0.4) is 0 Å². The van der Waals surface area contributed by atoms with Gasteiger partial charge in [0.1, 0.15) is 5.82 Å². The molecule has 0 bridgehead atoms. The van der Waals surface area contributed by atoms with Gasteiger partial charge in [-0.3, -0.25) is 0 Å². The molecule has 0 aliphatic carbocycles. The molecule has 0 saturated heterocycles. The Kier molecular flexibility index (Phi) is 5.19. The summed E-state index contributed by atoms with van der Waals surface area (Å²) in [6, 6.07) is 4.77. The van der Waals surface area contributed by atoms with Crippen molar-refractivity contribution in [1.29, 1.82) is 0 Å². The molecule has 16 heavy (non-hydrogen) atoms. The molecule has 1 atom stereocenters. The van der Waals surface area contributed by atoms with E-state index < -0.39 is 0 Å². The third kappa shape index (κ3) is 4.47. The first kappa shape index (κ1) is 13.4. The van der Waals surface area contributed by atoms with Gasteiger partial charge in [-0.25, -0.2) is 4.39 Å². The fourth-order valence-corrected chi connectivity index (χ4v) is 1.76. The van der Waals surface area contributed by atoms with E-state index in [1.807, 2.05) is 14.1 Å². The van der Waals surface area contributed by atoms with Crippen molar-refractivity contribution in [2.45, 2.75) is 19.5 Å². The van der Waals surface area contributed by atoms with Crippen LogP contribution < -0.4 is 5.32 Å².